The van der Waals surface area contributed by atoms with Crippen LogP contribution < -0.4 is 11.3 Å². The summed E-state index contributed by atoms with van der Waals surface area (Å²) in [7, 11) is 0. The van der Waals surface area contributed by atoms with Crippen LogP contribution in [0, 0.1) is 0 Å². The molecule has 0 saturated heterocycles. The van der Waals surface area contributed by atoms with Gasteiger partial charge in [0, 0.05) is 16.1 Å². The molecule has 0 saturated carbocycles. The fourth-order valence-electron chi connectivity index (χ4n) is 2.09. The highest BCUT2D eigenvalue weighted by Crippen LogP contribution is 2.19. The Morgan fingerprint density at radius 1 is 1.20 bits per heavy atom. The molecule has 0 unspecified atom stereocenters. The van der Waals surface area contributed by atoms with Crippen LogP contribution in [0.15, 0.2) is 53.5 Å². The Morgan fingerprint density at radius 2 is 2.00 bits per heavy atom. The van der Waals surface area contributed by atoms with E-state index in [0.29, 0.717) is 22.6 Å². The summed E-state index contributed by atoms with van der Waals surface area (Å²) in [6.07, 6.45) is 1.68. The molecule has 1 heterocycles. The minimum absolute atomic E-state index is 0.129. The molecule has 0 spiro atoms. The smallest absolute Gasteiger partial charge is 0.274 e. The van der Waals surface area contributed by atoms with Crippen molar-refractivity contribution in [3.05, 3.63) is 69.6 Å². The van der Waals surface area contributed by atoms with E-state index in [-0.39, 0.29) is 5.56 Å². The number of rotatable bonds is 2. The highest BCUT2D eigenvalue weighted by atomic mass is 35.5. The van der Waals surface area contributed by atoms with Crippen LogP contribution >= 0.6 is 11.6 Å². The zero-order chi connectivity index (χ0) is 14.1. The number of nitrogen functional groups attached to an aromatic ring is 1. The van der Waals surface area contributed by atoms with Crippen molar-refractivity contribution in [2.45, 2.75) is 6.54 Å². The summed E-state index contributed by atoms with van der Waals surface area (Å²) >= 11 is 6.13. The molecule has 20 heavy (non-hydrogen) atoms. The van der Waals surface area contributed by atoms with Gasteiger partial charge in [-0.3, -0.25) is 4.79 Å². The lowest BCUT2D eigenvalue weighted by Gasteiger charge is -2.08. The minimum atomic E-state index is -0.129. The predicted octanol–water partition coefficient (Wildman–Crippen LogP) is 2.68. The van der Waals surface area contributed by atoms with E-state index in [2.05, 4.69) is 5.10 Å². The maximum absolute atomic E-state index is 12.3. The van der Waals surface area contributed by atoms with Crippen LogP contribution in [0.25, 0.3) is 10.8 Å². The molecule has 5 heteroatoms. The van der Waals surface area contributed by atoms with Gasteiger partial charge in [0.25, 0.3) is 5.56 Å². The Bertz CT molecular complexity index is 842. The number of hydrogen-bond donors (Lipinski definition) is 1. The van der Waals surface area contributed by atoms with E-state index in [9.17, 15) is 4.79 Å². The summed E-state index contributed by atoms with van der Waals surface area (Å²) in [5.74, 6) is 0. The first-order valence-corrected chi connectivity index (χ1v) is 6.52. The first-order chi connectivity index (χ1) is 9.65. The number of benzene rings is 2. The van der Waals surface area contributed by atoms with Gasteiger partial charge in [0.05, 0.1) is 18.1 Å². The van der Waals surface area contributed by atoms with Gasteiger partial charge in [-0.15, -0.1) is 0 Å². The van der Waals surface area contributed by atoms with Crippen LogP contribution in [0.3, 0.4) is 0 Å². The summed E-state index contributed by atoms with van der Waals surface area (Å²) in [5.41, 5.74) is 6.93. The molecule has 0 amide bonds. The molecule has 0 aliphatic carbocycles. The van der Waals surface area contributed by atoms with Crippen molar-refractivity contribution < 1.29 is 0 Å². The fourth-order valence-corrected chi connectivity index (χ4v) is 2.34. The molecular formula is C15H12ClN3O. The molecule has 1 aromatic heterocycles. The minimum Gasteiger partial charge on any atom is -0.399 e. The molecule has 3 aromatic rings. The number of fused-ring (bicyclic) bond motifs is 1. The van der Waals surface area contributed by atoms with E-state index in [1.807, 2.05) is 18.2 Å². The molecule has 0 radical (unpaired) electrons. The largest absolute Gasteiger partial charge is 0.399 e. The Hall–Kier alpha value is -2.33. The van der Waals surface area contributed by atoms with E-state index in [0.717, 1.165) is 10.9 Å². The number of halogens is 1. The maximum Gasteiger partial charge on any atom is 0.274 e. The van der Waals surface area contributed by atoms with Gasteiger partial charge in [-0.25, -0.2) is 4.68 Å². The van der Waals surface area contributed by atoms with E-state index >= 15 is 0 Å². The van der Waals surface area contributed by atoms with Crippen molar-refractivity contribution in [3.63, 3.8) is 0 Å². The highest BCUT2D eigenvalue weighted by molar-refractivity contribution is 6.31. The molecule has 100 valence electrons. The Labute approximate surface area is 120 Å². The summed E-state index contributed by atoms with van der Waals surface area (Å²) in [6.45, 7) is 0.322. The van der Waals surface area contributed by atoms with Crippen molar-refractivity contribution in [1.29, 1.82) is 0 Å². The second kappa shape index (κ2) is 4.98. The van der Waals surface area contributed by atoms with Crippen LogP contribution in [0.5, 0.6) is 0 Å². The van der Waals surface area contributed by atoms with Crippen LogP contribution in [0.4, 0.5) is 5.69 Å². The van der Waals surface area contributed by atoms with Gasteiger partial charge >= 0.3 is 0 Å². The molecule has 2 N–H and O–H groups in total. The van der Waals surface area contributed by atoms with Crippen molar-refractivity contribution in [1.82, 2.24) is 9.78 Å². The van der Waals surface area contributed by atoms with E-state index < -0.39 is 0 Å². The fraction of sp³-hybridized carbons (Fsp3) is 0.0667. The lowest BCUT2D eigenvalue weighted by Crippen LogP contribution is -2.23. The summed E-state index contributed by atoms with van der Waals surface area (Å²) in [6, 6.07) is 12.6. The normalized spacial score (nSPS) is 10.8. The lowest BCUT2D eigenvalue weighted by molar-refractivity contribution is 0.647. The van der Waals surface area contributed by atoms with Crippen LogP contribution in [-0.2, 0) is 6.54 Å². The quantitative estimate of drug-likeness (QED) is 0.737. The first kappa shape index (κ1) is 12.7. The topological polar surface area (TPSA) is 60.9 Å². The number of anilines is 1. The van der Waals surface area contributed by atoms with Crippen molar-refractivity contribution in [2.75, 3.05) is 5.73 Å². The maximum atomic E-state index is 12.3. The average Bonchev–Trinajstić information content (AvgIpc) is 2.45. The Kier molecular flexibility index (Phi) is 3.16. The van der Waals surface area contributed by atoms with Gasteiger partial charge < -0.3 is 5.73 Å². The van der Waals surface area contributed by atoms with E-state index in [4.69, 9.17) is 17.3 Å². The molecule has 0 bridgehead atoms. The predicted molar refractivity (Wildman–Crippen MR) is 81.0 cm³/mol. The van der Waals surface area contributed by atoms with Gasteiger partial charge in [0.1, 0.15) is 0 Å². The number of aromatic nitrogens is 2. The van der Waals surface area contributed by atoms with Crippen molar-refractivity contribution in [3.8, 4) is 0 Å². The average molecular weight is 286 g/mol. The summed E-state index contributed by atoms with van der Waals surface area (Å²) < 4.78 is 1.40. The first-order valence-electron chi connectivity index (χ1n) is 6.14. The van der Waals surface area contributed by atoms with Crippen molar-refractivity contribution in [2.24, 2.45) is 0 Å². The monoisotopic (exact) mass is 285 g/mol. The molecule has 0 aliphatic heterocycles. The molecular weight excluding hydrogens is 274 g/mol. The van der Waals surface area contributed by atoms with Gasteiger partial charge in [0.15, 0.2) is 0 Å². The van der Waals surface area contributed by atoms with Crippen molar-refractivity contribution >= 4 is 28.1 Å². The van der Waals surface area contributed by atoms with Crippen LogP contribution in [0.2, 0.25) is 5.02 Å². The van der Waals surface area contributed by atoms with Gasteiger partial charge in [0.2, 0.25) is 0 Å². The SMILES string of the molecule is Nc1ccc(Cn2ncc3ccccc3c2=O)c(Cl)c1. The Balaban J connectivity index is 2.07. The molecule has 4 nitrogen and oxygen atoms in total. The molecule has 0 atom stereocenters. The van der Waals surface area contributed by atoms with Crippen LogP contribution in [0.1, 0.15) is 5.56 Å². The number of nitrogens with zero attached hydrogens (tertiary/aromatic N) is 2. The zero-order valence-electron chi connectivity index (χ0n) is 10.6. The third-order valence-corrected chi connectivity index (χ3v) is 3.51. The second-order valence-corrected chi connectivity index (χ2v) is 4.95. The molecule has 0 aliphatic rings. The lowest BCUT2D eigenvalue weighted by atomic mass is 10.2. The number of hydrogen-bond acceptors (Lipinski definition) is 3. The third-order valence-electron chi connectivity index (χ3n) is 3.16. The summed E-state index contributed by atoms with van der Waals surface area (Å²) in [4.78, 5) is 12.3. The van der Waals surface area contributed by atoms with E-state index in [1.54, 1.807) is 30.5 Å². The van der Waals surface area contributed by atoms with Gasteiger partial charge in [-0.1, -0.05) is 35.9 Å². The molecule has 2 aromatic carbocycles. The highest BCUT2D eigenvalue weighted by Gasteiger charge is 2.07. The van der Waals surface area contributed by atoms with Gasteiger partial charge in [-0.2, -0.15) is 5.10 Å². The van der Waals surface area contributed by atoms with Crippen LogP contribution in [-0.4, -0.2) is 9.78 Å². The molecule has 3 rings (SSSR count). The zero-order valence-corrected chi connectivity index (χ0v) is 11.3. The standard InChI is InChI=1S/C15H12ClN3O/c16-14-7-12(17)6-5-11(14)9-19-15(20)13-4-2-1-3-10(13)8-18-19/h1-8H,9,17H2. The van der Waals surface area contributed by atoms with Gasteiger partial charge in [-0.05, 0) is 23.8 Å². The second-order valence-electron chi connectivity index (χ2n) is 4.55. The molecule has 0 fully saturated rings. The third kappa shape index (κ3) is 2.26. The Morgan fingerprint density at radius 3 is 2.80 bits per heavy atom. The number of nitrogens with two attached hydrogens (primary N) is 1. The van der Waals surface area contributed by atoms with E-state index in [1.165, 1.54) is 4.68 Å². The summed E-state index contributed by atoms with van der Waals surface area (Å²) in [5, 5.41) is 6.19.